The van der Waals surface area contributed by atoms with Crippen molar-refractivity contribution < 1.29 is 4.42 Å². The van der Waals surface area contributed by atoms with Gasteiger partial charge in [0.2, 0.25) is 0 Å². The van der Waals surface area contributed by atoms with E-state index in [-0.39, 0.29) is 0 Å². The second kappa shape index (κ2) is 2.01. The summed E-state index contributed by atoms with van der Waals surface area (Å²) in [7, 11) is 0. The number of hydrogen-bond donors (Lipinski definition) is 0. The lowest BCUT2D eigenvalue weighted by molar-refractivity contribution is 0.565. The first kappa shape index (κ1) is 5.39. The van der Waals surface area contributed by atoms with E-state index in [4.69, 9.17) is 11.0 Å². The fourth-order valence-electron chi connectivity index (χ4n) is 0.365. The maximum Gasteiger partial charge on any atom is 0.346 e. The fourth-order valence-corrected chi connectivity index (χ4v) is 0.663. The first-order valence-electron chi connectivity index (χ1n) is 1.96. The number of hydrogen-bond acceptors (Lipinski definition) is 1. The highest BCUT2D eigenvalue weighted by Gasteiger charge is 1.93. The van der Waals surface area contributed by atoms with Gasteiger partial charge in [-0.15, -0.1) is 0 Å². The monoisotopic (exact) mass is 171 g/mol. The van der Waals surface area contributed by atoms with Gasteiger partial charge in [0.15, 0.2) is 4.67 Å². The normalized spacial score (nSPS) is 8.50. The zero-order valence-corrected chi connectivity index (χ0v) is 5.47. The second-order valence-corrected chi connectivity index (χ2v) is 1.97. The van der Waals surface area contributed by atoms with Crippen molar-refractivity contribution in [2.24, 2.45) is 0 Å². The van der Waals surface area contributed by atoms with E-state index in [0.29, 0.717) is 10.6 Å². The predicted octanol–water partition coefficient (Wildman–Crippen LogP) is 2.59. The molecule has 0 aromatic carbocycles. The number of rotatable bonds is 0. The fraction of sp³-hybridized carbons (Fsp3) is 0. The lowest BCUT2D eigenvalue weighted by Crippen LogP contribution is -1.39. The molecule has 0 saturated heterocycles. The molecule has 8 heavy (non-hydrogen) atoms. The minimum atomic E-state index is 0.317. The summed E-state index contributed by atoms with van der Waals surface area (Å²) in [5, 5.41) is 0. The molecule has 0 amide bonds. The van der Waals surface area contributed by atoms with Crippen LogP contribution in [-0.2, 0) is 0 Å². The smallest absolute Gasteiger partial charge is 0.346 e. The third-order valence-corrected chi connectivity index (χ3v) is 1.10. The van der Waals surface area contributed by atoms with Gasteiger partial charge in [0.05, 0.1) is 6.57 Å². The summed E-state index contributed by atoms with van der Waals surface area (Å²) in [4.78, 5) is 3.04. The van der Waals surface area contributed by atoms with Crippen LogP contribution in [0.5, 0.6) is 0 Å². The third kappa shape index (κ3) is 0.903. The van der Waals surface area contributed by atoms with Crippen molar-refractivity contribution in [3.63, 3.8) is 0 Å². The van der Waals surface area contributed by atoms with Crippen molar-refractivity contribution in [1.29, 1.82) is 0 Å². The Labute approximate surface area is 55.1 Å². The van der Waals surface area contributed by atoms with Crippen LogP contribution in [0.15, 0.2) is 21.2 Å². The lowest BCUT2D eigenvalue weighted by atomic mass is 10.6. The summed E-state index contributed by atoms with van der Waals surface area (Å²) >= 11 is 3.06. The maximum atomic E-state index is 6.47. The molecule has 0 saturated carbocycles. The molecular formula is C5H2BrNO. The van der Waals surface area contributed by atoms with Crippen LogP contribution in [0.4, 0.5) is 5.88 Å². The van der Waals surface area contributed by atoms with Crippen LogP contribution in [-0.4, -0.2) is 0 Å². The molecule has 0 unspecified atom stereocenters. The van der Waals surface area contributed by atoms with E-state index in [0.717, 1.165) is 0 Å². The summed E-state index contributed by atoms with van der Waals surface area (Å²) in [6, 6.07) is 3.30. The Balaban J connectivity index is 3.05. The van der Waals surface area contributed by atoms with Gasteiger partial charge < -0.3 is 4.42 Å². The SMILES string of the molecule is [C-]#[N+]c1ccc(Br)o1. The molecular weight excluding hydrogens is 170 g/mol. The lowest BCUT2D eigenvalue weighted by Gasteiger charge is -1.73. The van der Waals surface area contributed by atoms with Crippen molar-refractivity contribution in [2.45, 2.75) is 0 Å². The Morgan fingerprint density at radius 1 is 1.62 bits per heavy atom. The van der Waals surface area contributed by atoms with Gasteiger partial charge in [-0.25, -0.2) is 0 Å². The molecule has 1 aromatic heterocycles. The molecule has 2 nitrogen and oxygen atoms in total. The van der Waals surface area contributed by atoms with Gasteiger partial charge in [0.1, 0.15) is 0 Å². The summed E-state index contributed by atoms with van der Waals surface area (Å²) < 4.78 is 5.40. The molecule has 0 atom stereocenters. The van der Waals surface area contributed by atoms with Gasteiger partial charge in [-0.2, -0.15) is 4.85 Å². The topological polar surface area (TPSA) is 17.5 Å². The Bertz CT molecular complexity index is 223. The Morgan fingerprint density at radius 3 is 2.62 bits per heavy atom. The Morgan fingerprint density at radius 2 is 2.38 bits per heavy atom. The van der Waals surface area contributed by atoms with E-state index < -0.39 is 0 Å². The summed E-state index contributed by atoms with van der Waals surface area (Å²) in [5.74, 6) is 0.317. The van der Waals surface area contributed by atoms with Crippen molar-refractivity contribution in [3.8, 4) is 0 Å². The van der Waals surface area contributed by atoms with Crippen LogP contribution in [0.25, 0.3) is 4.85 Å². The van der Waals surface area contributed by atoms with E-state index in [1.807, 2.05) is 0 Å². The van der Waals surface area contributed by atoms with Crippen LogP contribution in [0.1, 0.15) is 0 Å². The van der Waals surface area contributed by atoms with Gasteiger partial charge >= 0.3 is 5.88 Å². The number of nitrogens with zero attached hydrogens (tertiary/aromatic N) is 1. The molecule has 0 bridgehead atoms. The van der Waals surface area contributed by atoms with Gasteiger partial charge in [-0.05, 0) is 28.1 Å². The van der Waals surface area contributed by atoms with Crippen molar-refractivity contribution >= 4 is 21.8 Å². The summed E-state index contributed by atoms with van der Waals surface area (Å²) in [6.45, 7) is 6.47. The molecule has 1 aromatic rings. The first-order chi connectivity index (χ1) is 3.83. The van der Waals surface area contributed by atoms with E-state index in [1.54, 1.807) is 12.1 Å². The van der Waals surface area contributed by atoms with E-state index >= 15 is 0 Å². The molecule has 0 aliphatic carbocycles. The molecule has 0 N–H and O–H groups in total. The third-order valence-electron chi connectivity index (χ3n) is 0.669. The van der Waals surface area contributed by atoms with E-state index in [9.17, 15) is 0 Å². The number of furan rings is 1. The van der Waals surface area contributed by atoms with Crippen molar-refractivity contribution in [2.75, 3.05) is 0 Å². The van der Waals surface area contributed by atoms with Gasteiger partial charge in [-0.3, -0.25) is 0 Å². The largest absolute Gasteiger partial charge is 0.474 e. The van der Waals surface area contributed by atoms with Crippen LogP contribution in [0, 0.1) is 6.57 Å². The summed E-state index contributed by atoms with van der Waals surface area (Å²) in [5.41, 5.74) is 0. The molecule has 0 radical (unpaired) electrons. The van der Waals surface area contributed by atoms with Crippen LogP contribution in [0.2, 0.25) is 0 Å². The van der Waals surface area contributed by atoms with Crippen molar-refractivity contribution in [3.05, 3.63) is 28.2 Å². The zero-order chi connectivity index (χ0) is 5.98. The molecule has 0 aliphatic rings. The van der Waals surface area contributed by atoms with Gasteiger partial charge in [-0.1, -0.05) is 0 Å². The quantitative estimate of drug-likeness (QED) is 0.549. The Kier molecular flexibility index (Phi) is 1.36. The highest BCUT2D eigenvalue weighted by molar-refractivity contribution is 9.10. The molecule has 1 heterocycles. The average Bonchev–Trinajstić information content (AvgIpc) is 2.14. The van der Waals surface area contributed by atoms with E-state index in [1.165, 1.54) is 0 Å². The predicted molar refractivity (Wildman–Crippen MR) is 32.7 cm³/mol. The molecule has 40 valence electrons. The van der Waals surface area contributed by atoms with Gasteiger partial charge in [0.25, 0.3) is 0 Å². The molecule has 1 rings (SSSR count). The Hall–Kier alpha value is -0.750. The van der Waals surface area contributed by atoms with Crippen LogP contribution < -0.4 is 0 Å². The van der Waals surface area contributed by atoms with Crippen LogP contribution in [0.3, 0.4) is 0 Å². The maximum absolute atomic E-state index is 6.47. The average molecular weight is 172 g/mol. The minimum Gasteiger partial charge on any atom is -0.474 e. The van der Waals surface area contributed by atoms with Crippen molar-refractivity contribution in [1.82, 2.24) is 0 Å². The molecule has 0 aliphatic heterocycles. The minimum absolute atomic E-state index is 0.317. The molecule has 0 spiro atoms. The first-order valence-corrected chi connectivity index (χ1v) is 2.75. The van der Waals surface area contributed by atoms with Gasteiger partial charge in [0, 0.05) is 0 Å². The molecule has 3 heteroatoms. The standard InChI is InChI=1S/C5H2BrNO/c1-7-5-3-2-4(6)8-5/h2-3H. The number of halogens is 1. The summed E-state index contributed by atoms with van der Waals surface area (Å²) in [6.07, 6.45) is 0. The molecule has 0 fully saturated rings. The zero-order valence-electron chi connectivity index (χ0n) is 3.89. The second-order valence-electron chi connectivity index (χ2n) is 1.19. The highest BCUT2D eigenvalue weighted by atomic mass is 79.9. The van der Waals surface area contributed by atoms with Crippen LogP contribution >= 0.6 is 15.9 Å². The highest BCUT2D eigenvalue weighted by Crippen LogP contribution is 2.20. The van der Waals surface area contributed by atoms with E-state index in [2.05, 4.69) is 20.8 Å².